The van der Waals surface area contributed by atoms with Crippen molar-refractivity contribution >= 4 is 35.0 Å². The van der Waals surface area contributed by atoms with Gasteiger partial charge in [0.1, 0.15) is 11.5 Å². The maximum atomic E-state index is 13.6. The maximum Gasteiger partial charge on any atom is 0.338 e. The largest absolute Gasteiger partial charge is 0.497 e. The fourth-order valence-corrected chi connectivity index (χ4v) is 5.21. The molecule has 0 N–H and O–H groups in total. The van der Waals surface area contributed by atoms with Crippen molar-refractivity contribution in [3.05, 3.63) is 89.6 Å². The van der Waals surface area contributed by atoms with Crippen LogP contribution in [-0.2, 0) is 9.53 Å². The van der Waals surface area contributed by atoms with Gasteiger partial charge >= 0.3 is 5.97 Å². The number of fused-ring (bicyclic) bond motifs is 1. The van der Waals surface area contributed by atoms with Gasteiger partial charge < -0.3 is 14.2 Å². The van der Waals surface area contributed by atoms with E-state index >= 15 is 0 Å². The number of ether oxygens (including phenoxy) is 3. The maximum absolute atomic E-state index is 13.6. The highest BCUT2D eigenvalue weighted by Gasteiger charge is 2.33. The first-order valence-electron chi connectivity index (χ1n) is 11.1. The van der Waals surface area contributed by atoms with Gasteiger partial charge in [0.2, 0.25) is 0 Å². The smallest absolute Gasteiger partial charge is 0.338 e. The Kier molecular flexibility index (Phi) is 7.42. The number of benzene rings is 2. The van der Waals surface area contributed by atoms with E-state index in [9.17, 15) is 9.59 Å². The Morgan fingerprint density at radius 1 is 1.17 bits per heavy atom. The van der Waals surface area contributed by atoms with Gasteiger partial charge in [-0.1, -0.05) is 41.1 Å². The summed E-state index contributed by atoms with van der Waals surface area (Å²) >= 11 is 7.59. The lowest BCUT2D eigenvalue weighted by Crippen LogP contribution is -2.39. The summed E-state index contributed by atoms with van der Waals surface area (Å²) in [4.78, 5) is 31.7. The molecule has 0 spiro atoms. The lowest BCUT2D eigenvalue weighted by molar-refractivity contribution is -0.139. The van der Waals surface area contributed by atoms with Crippen LogP contribution in [0.5, 0.6) is 11.5 Å². The number of esters is 1. The summed E-state index contributed by atoms with van der Waals surface area (Å²) in [7, 11) is 1.58. The van der Waals surface area contributed by atoms with Crippen molar-refractivity contribution in [2.24, 2.45) is 4.99 Å². The fourth-order valence-electron chi connectivity index (χ4n) is 3.92. The SMILES string of the molecule is CCOC(=O)C1=C(C)N=c2s/c(=C\c3ccc(OCC)c(Cl)c3)c(=O)n2[C@@H]1c1ccc(OC)cc1. The van der Waals surface area contributed by atoms with Crippen LogP contribution in [0.3, 0.4) is 0 Å². The topological polar surface area (TPSA) is 79.1 Å². The first-order chi connectivity index (χ1) is 16.9. The molecule has 2 heterocycles. The van der Waals surface area contributed by atoms with Gasteiger partial charge in [0.25, 0.3) is 5.56 Å². The fraction of sp³-hybridized carbons (Fsp3) is 0.269. The van der Waals surface area contributed by atoms with Crippen LogP contribution in [0.1, 0.15) is 37.9 Å². The van der Waals surface area contributed by atoms with Crippen molar-refractivity contribution in [3.63, 3.8) is 0 Å². The number of rotatable bonds is 7. The normalized spacial score (nSPS) is 15.5. The third-order valence-corrected chi connectivity index (χ3v) is 6.78. The minimum Gasteiger partial charge on any atom is -0.497 e. The summed E-state index contributed by atoms with van der Waals surface area (Å²) in [5, 5.41) is 0.463. The minimum atomic E-state index is -0.678. The van der Waals surface area contributed by atoms with Crippen LogP contribution in [0.4, 0.5) is 0 Å². The number of allylic oxidation sites excluding steroid dienone is 1. The summed E-state index contributed by atoms with van der Waals surface area (Å²) in [5.41, 5.74) is 2.10. The molecule has 0 fully saturated rings. The summed E-state index contributed by atoms with van der Waals surface area (Å²) in [6.45, 7) is 6.11. The summed E-state index contributed by atoms with van der Waals surface area (Å²) in [6, 6.07) is 12.0. The average Bonchev–Trinajstić information content (AvgIpc) is 3.14. The summed E-state index contributed by atoms with van der Waals surface area (Å²) in [5.74, 6) is 0.760. The van der Waals surface area contributed by atoms with Crippen LogP contribution in [0.25, 0.3) is 6.08 Å². The molecule has 7 nitrogen and oxygen atoms in total. The minimum absolute atomic E-state index is 0.216. The lowest BCUT2D eigenvalue weighted by Gasteiger charge is -2.24. The molecule has 3 aromatic rings. The molecule has 1 atom stereocenters. The molecule has 35 heavy (non-hydrogen) atoms. The molecule has 0 unspecified atom stereocenters. The number of carbonyl (C=O) groups excluding carboxylic acids is 1. The van der Waals surface area contributed by atoms with Crippen LogP contribution in [-0.4, -0.2) is 30.9 Å². The van der Waals surface area contributed by atoms with Crippen molar-refractivity contribution in [1.82, 2.24) is 4.57 Å². The highest BCUT2D eigenvalue weighted by molar-refractivity contribution is 7.07. The molecule has 4 rings (SSSR count). The summed E-state index contributed by atoms with van der Waals surface area (Å²) < 4.78 is 18.1. The van der Waals surface area contributed by atoms with E-state index in [1.807, 2.05) is 25.1 Å². The molecule has 9 heteroatoms. The molecule has 1 aliphatic heterocycles. The third kappa shape index (κ3) is 4.90. The van der Waals surface area contributed by atoms with Gasteiger partial charge in [0, 0.05) is 0 Å². The lowest BCUT2D eigenvalue weighted by atomic mass is 9.96. The van der Waals surface area contributed by atoms with E-state index in [-0.39, 0.29) is 12.2 Å². The molecule has 0 saturated heterocycles. The standard InChI is InChI=1S/C26H25ClN2O5S/c1-5-33-20-12-7-16(13-19(20)27)14-21-24(30)29-23(17-8-10-18(32-4)11-9-17)22(25(31)34-6-2)15(3)28-26(29)35-21/h7-14,23H,5-6H2,1-4H3/b21-14-/t23-/m1/s1. The Balaban J connectivity index is 1.89. The Bertz CT molecular complexity index is 1470. The summed E-state index contributed by atoms with van der Waals surface area (Å²) in [6.07, 6.45) is 1.76. The number of methoxy groups -OCH3 is 1. The molecule has 0 amide bonds. The second kappa shape index (κ2) is 10.5. The molecular formula is C26H25ClN2O5S. The zero-order valence-electron chi connectivity index (χ0n) is 19.8. The number of aromatic nitrogens is 1. The zero-order valence-corrected chi connectivity index (χ0v) is 21.4. The first kappa shape index (κ1) is 24.8. The van der Waals surface area contributed by atoms with Gasteiger partial charge in [-0.2, -0.15) is 0 Å². The quantitative estimate of drug-likeness (QED) is 0.449. The number of thiazole rings is 1. The molecule has 1 aromatic heterocycles. The molecule has 2 aromatic carbocycles. The van der Waals surface area contributed by atoms with Gasteiger partial charge in [0.05, 0.1) is 47.2 Å². The molecule has 0 aliphatic carbocycles. The van der Waals surface area contributed by atoms with Crippen molar-refractivity contribution < 1.29 is 19.0 Å². The molecule has 0 bridgehead atoms. The van der Waals surface area contributed by atoms with Gasteiger partial charge in [-0.05, 0) is 62.2 Å². The van der Waals surface area contributed by atoms with E-state index < -0.39 is 12.0 Å². The second-order valence-corrected chi connectivity index (χ2v) is 9.11. The molecule has 0 saturated carbocycles. The van der Waals surface area contributed by atoms with Gasteiger partial charge in [0.15, 0.2) is 4.80 Å². The van der Waals surface area contributed by atoms with E-state index in [2.05, 4.69) is 4.99 Å². The van der Waals surface area contributed by atoms with Crippen molar-refractivity contribution in [2.75, 3.05) is 20.3 Å². The predicted molar refractivity (Wildman–Crippen MR) is 136 cm³/mol. The molecule has 182 valence electrons. The third-order valence-electron chi connectivity index (χ3n) is 5.50. The van der Waals surface area contributed by atoms with Crippen LogP contribution in [0, 0.1) is 0 Å². The van der Waals surface area contributed by atoms with E-state index in [4.69, 9.17) is 25.8 Å². The van der Waals surface area contributed by atoms with Gasteiger partial charge in [-0.3, -0.25) is 9.36 Å². The highest BCUT2D eigenvalue weighted by Crippen LogP contribution is 2.31. The number of hydrogen-bond donors (Lipinski definition) is 0. The van der Waals surface area contributed by atoms with E-state index in [0.717, 1.165) is 11.1 Å². The number of nitrogens with zero attached hydrogens (tertiary/aromatic N) is 2. The van der Waals surface area contributed by atoms with Crippen molar-refractivity contribution in [2.45, 2.75) is 26.8 Å². The highest BCUT2D eigenvalue weighted by atomic mass is 35.5. The first-order valence-corrected chi connectivity index (χ1v) is 12.3. The number of halogens is 1. The van der Waals surface area contributed by atoms with Gasteiger partial charge in [-0.15, -0.1) is 0 Å². The van der Waals surface area contributed by atoms with Crippen molar-refractivity contribution in [1.29, 1.82) is 0 Å². The number of hydrogen-bond acceptors (Lipinski definition) is 7. The Labute approximate surface area is 211 Å². The zero-order chi connectivity index (χ0) is 25.1. The van der Waals surface area contributed by atoms with Crippen LogP contribution >= 0.6 is 22.9 Å². The number of carbonyl (C=O) groups is 1. The Morgan fingerprint density at radius 3 is 2.54 bits per heavy atom. The second-order valence-electron chi connectivity index (χ2n) is 7.70. The molecule has 1 aliphatic rings. The monoisotopic (exact) mass is 512 g/mol. The predicted octanol–water partition coefficient (Wildman–Crippen LogP) is 3.86. The van der Waals surface area contributed by atoms with Crippen molar-refractivity contribution in [3.8, 4) is 11.5 Å². The van der Waals surface area contributed by atoms with Crippen LogP contribution < -0.4 is 24.4 Å². The van der Waals surface area contributed by atoms with Gasteiger partial charge in [-0.25, -0.2) is 9.79 Å². The van der Waals surface area contributed by atoms with Crippen LogP contribution in [0.2, 0.25) is 5.02 Å². The van der Waals surface area contributed by atoms with E-state index in [1.165, 1.54) is 11.3 Å². The Hall–Kier alpha value is -3.36. The van der Waals surface area contributed by atoms with E-state index in [0.29, 0.717) is 43.7 Å². The Morgan fingerprint density at radius 2 is 1.91 bits per heavy atom. The van der Waals surface area contributed by atoms with Crippen LogP contribution in [0.15, 0.2) is 63.5 Å². The molecular weight excluding hydrogens is 488 g/mol. The van der Waals surface area contributed by atoms with E-state index in [1.54, 1.807) is 55.9 Å². The average molecular weight is 513 g/mol. The molecule has 0 radical (unpaired) electrons.